The van der Waals surface area contributed by atoms with Crippen LogP contribution in [0.15, 0.2) is 36.7 Å². The third-order valence-corrected chi connectivity index (χ3v) is 3.65. The lowest BCUT2D eigenvalue weighted by Gasteiger charge is -2.15. The first-order valence-corrected chi connectivity index (χ1v) is 7.25. The van der Waals surface area contributed by atoms with Crippen LogP contribution in [0.3, 0.4) is 0 Å². The highest BCUT2D eigenvalue weighted by molar-refractivity contribution is 5.97. The van der Waals surface area contributed by atoms with Gasteiger partial charge in [0.05, 0.1) is 13.1 Å². The Bertz CT molecular complexity index is 599. The molecule has 2 aromatic rings. The zero-order valence-corrected chi connectivity index (χ0v) is 13.2. The maximum absolute atomic E-state index is 12.3. The van der Waals surface area contributed by atoms with E-state index in [1.54, 1.807) is 6.20 Å². The first-order valence-electron chi connectivity index (χ1n) is 7.25. The summed E-state index contributed by atoms with van der Waals surface area (Å²) in [7, 11) is 3.90. The average Bonchev–Trinajstić information content (AvgIpc) is 2.84. The number of carbonyl (C=O) groups is 1. The van der Waals surface area contributed by atoms with Crippen molar-refractivity contribution in [3.63, 3.8) is 0 Å². The maximum atomic E-state index is 12.3. The van der Waals surface area contributed by atoms with Gasteiger partial charge in [0.25, 0.3) is 0 Å². The molecule has 0 amide bonds. The zero-order valence-electron chi connectivity index (χ0n) is 13.2. The van der Waals surface area contributed by atoms with Gasteiger partial charge in [0.2, 0.25) is 0 Å². The van der Waals surface area contributed by atoms with Crippen LogP contribution in [0.5, 0.6) is 0 Å². The minimum atomic E-state index is 0.141. The van der Waals surface area contributed by atoms with Crippen LogP contribution in [-0.2, 0) is 13.6 Å². The Hall–Kier alpha value is -1.94. The molecule has 1 heterocycles. The number of carbonyl (C=O) groups excluding carboxylic acids is 1. The van der Waals surface area contributed by atoms with Crippen LogP contribution in [0.25, 0.3) is 0 Å². The third kappa shape index (κ3) is 4.02. The average molecular weight is 285 g/mol. The monoisotopic (exact) mass is 285 g/mol. The second kappa shape index (κ2) is 6.68. The molecule has 1 aromatic carbocycles. The molecular formula is C17H23N3O. The molecule has 0 fully saturated rings. The molecule has 0 spiro atoms. The maximum Gasteiger partial charge on any atom is 0.176 e. The van der Waals surface area contributed by atoms with Crippen LogP contribution < -0.4 is 0 Å². The minimum absolute atomic E-state index is 0.141. The van der Waals surface area contributed by atoms with Crippen molar-refractivity contribution in [3.05, 3.63) is 53.6 Å². The minimum Gasteiger partial charge on any atom is -0.337 e. The Morgan fingerprint density at radius 3 is 2.48 bits per heavy atom. The largest absolute Gasteiger partial charge is 0.337 e. The second-order valence-corrected chi connectivity index (χ2v) is 5.83. The van der Waals surface area contributed by atoms with Crippen LogP contribution in [0.4, 0.5) is 0 Å². The van der Waals surface area contributed by atoms with Gasteiger partial charge in [-0.15, -0.1) is 0 Å². The molecule has 4 heteroatoms. The highest BCUT2D eigenvalue weighted by atomic mass is 16.1. The van der Waals surface area contributed by atoms with Crippen molar-refractivity contribution in [1.29, 1.82) is 0 Å². The van der Waals surface area contributed by atoms with Crippen molar-refractivity contribution >= 4 is 5.78 Å². The summed E-state index contributed by atoms with van der Waals surface area (Å²) in [5.74, 6) is 1.59. The van der Waals surface area contributed by atoms with Gasteiger partial charge < -0.3 is 4.57 Å². The lowest BCUT2D eigenvalue weighted by Crippen LogP contribution is -2.26. The Labute approximate surface area is 126 Å². The van der Waals surface area contributed by atoms with Crippen molar-refractivity contribution in [2.24, 2.45) is 7.05 Å². The zero-order chi connectivity index (χ0) is 15.4. The number of rotatable bonds is 6. The number of imidazole rings is 1. The summed E-state index contributed by atoms with van der Waals surface area (Å²) in [4.78, 5) is 18.5. The van der Waals surface area contributed by atoms with E-state index in [2.05, 4.69) is 18.8 Å². The quantitative estimate of drug-likeness (QED) is 0.766. The first-order chi connectivity index (χ1) is 9.97. The molecule has 112 valence electrons. The number of benzene rings is 1. The van der Waals surface area contributed by atoms with Crippen LogP contribution >= 0.6 is 0 Å². The summed E-state index contributed by atoms with van der Waals surface area (Å²) in [5, 5.41) is 0. The summed E-state index contributed by atoms with van der Waals surface area (Å²) in [5.41, 5.74) is 2.03. The number of ketones is 1. The highest BCUT2D eigenvalue weighted by Crippen LogP contribution is 2.15. The summed E-state index contributed by atoms with van der Waals surface area (Å²) >= 11 is 0. The number of hydrogen-bond acceptors (Lipinski definition) is 3. The van der Waals surface area contributed by atoms with E-state index in [0.29, 0.717) is 19.0 Å². The van der Waals surface area contributed by atoms with Gasteiger partial charge in [-0.05, 0) is 18.5 Å². The number of aryl methyl sites for hydroxylation is 1. The number of Topliss-reactive ketones (excluding diaryl/α,β-unsaturated/α-hetero) is 1. The fourth-order valence-corrected chi connectivity index (χ4v) is 2.24. The summed E-state index contributed by atoms with van der Waals surface area (Å²) in [6, 6.07) is 7.92. The summed E-state index contributed by atoms with van der Waals surface area (Å²) in [6.45, 7) is 5.36. The van der Waals surface area contributed by atoms with Crippen molar-refractivity contribution in [1.82, 2.24) is 14.5 Å². The van der Waals surface area contributed by atoms with Crippen LogP contribution in [0.2, 0.25) is 0 Å². The summed E-state index contributed by atoms with van der Waals surface area (Å²) in [6.07, 6.45) is 3.69. The molecule has 21 heavy (non-hydrogen) atoms. The standard InChI is InChI=1S/C17H23N3O/c1-13(2)14-5-7-15(8-6-14)16(21)11-19(3)12-17-18-9-10-20(17)4/h5-10,13H,11-12H2,1-4H3. The Morgan fingerprint density at radius 2 is 1.95 bits per heavy atom. The molecule has 0 aliphatic heterocycles. The van der Waals surface area contributed by atoms with E-state index in [1.165, 1.54) is 5.56 Å². The number of likely N-dealkylation sites (N-methyl/N-ethyl adjacent to an activating group) is 1. The SMILES string of the molecule is CC(C)c1ccc(C(=O)CN(C)Cc2nccn2C)cc1. The molecule has 0 radical (unpaired) electrons. The van der Waals surface area contributed by atoms with E-state index in [9.17, 15) is 4.79 Å². The molecular weight excluding hydrogens is 262 g/mol. The Kier molecular flexibility index (Phi) is 4.91. The van der Waals surface area contributed by atoms with Gasteiger partial charge in [-0.25, -0.2) is 4.98 Å². The lowest BCUT2D eigenvalue weighted by atomic mass is 10.0. The van der Waals surface area contributed by atoms with Gasteiger partial charge in [0.15, 0.2) is 5.78 Å². The fraction of sp³-hybridized carbons (Fsp3) is 0.412. The predicted molar refractivity (Wildman–Crippen MR) is 84.4 cm³/mol. The van der Waals surface area contributed by atoms with Crippen LogP contribution in [0.1, 0.15) is 41.5 Å². The Balaban J connectivity index is 1.96. The molecule has 1 aromatic heterocycles. The molecule has 0 N–H and O–H groups in total. The van der Waals surface area contributed by atoms with E-state index in [1.807, 2.05) is 54.0 Å². The third-order valence-electron chi connectivity index (χ3n) is 3.65. The smallest absolute Gasteiger partial charge is 0.176 e. The highest BCUT2D eigenvalue weighted by Gasteiger charge is 2.11. The molecule has 4 nitrogen and oxygen atoms in total. The molecule has 0 saturated heterocycles. The summed E-state index contributed by atoms with van der Waals surface area (Å²) < 4.78 is 1.97. The second-order valence-electron chi connectivity index (χ2n) is 5.83. The van der Waals surface area contributed by atoms with Crippen molar-refractivity contribution < 1.29 is 4.79 Å². The molecule has 0 aliphatic rings. The normalized spacial score (nSPS) is 11.3. The molecule has 0 bridgehead atoms. The van der Waals surface area contributed by atoms with E-state index >= 15 is 0 Å². The van der Waals surface area contributed by atoms with Gasteiger partial charge >= 0.3 is 0 Å². The predicted octanol–water partition coefficient (Wildman–Crippen LogP) is 2.86. The van der Waals surface area contributed by atoms with Gasteiger partial charge in [0.1, 0.15) is 5.82 Å². The molecule has 0 unspecified atom stereocenters. The number of nitrogens with zero attached hydrogens (tertiary/aromatic N) is 3. The Morgan fingerprint density at radius 1 is 1.29 bits per heavy atom. The van der Waals surface area contributed by atoms with Gasteiger partial charge in [-0.3, -0.25) is 9.69 Å². The van der Waals surface area contributed by atoms with Crippen molar-refractivity contribution in [3.8, 4) is 0 Å². The molecule has 2 rings (SSSR count). The van der Waals surface area contributed by atoms with Gasteiger partial charge in [-0.1, -0.05) is 38.1 Å². The lowest BCUT2D eigenvalue weighted by molar-refractivity contribution is 0.0941. The van der Waals surface area contributed by atoms with Crippen LogP contribution in [0, 0.1) is 0 Å². The van der Waals surface area contributed by atoms with Gasteiger partial charge in [-0.2, -0.15) is 0 Å². The van der Waals surface area contributed by atoms with Crippen LogP contribution in [-0.4, -0.2) is 33.8 Å². The van der Waals surface area contributed by atoms with E-state index in [4.69, 9.17) is 0 Å². The topological polar surface area (TPSA) is 38.1 Å². The molecule has 0 aliphatic carbocycles. The number of hydrogen-bond donors (Lipinski definition) is 0. The van der Waals surface area contributed by atoms with E-state index < -0.39 is 0 Å². The van der Waals surface area contributed by atoms with E-state index in [-0.39, 0.29) is 5.78 Å². The van der Waals surface area contributed by atoms with Crippen molar-refractivity contribution in [2.45, 2.75) is 26.3 Å². The first kappa shape index (κ1) is 15.4. The number of aromatic nitrogens is 2. The van der Waals surface area contributed by atoms with E-state index in [0.717, 1.165) is 11.4 Å². The molecule has 0 atom stereocenters. The molecule has 0 saturated carbocycles. The van der Waals surface area contributed by atoms with Crippen molar-refractivity contribution in [2.75, 3.05) is 13.6 Å². The fourth-order valence-electron chi connectivity index (χ4n) is 2.24. The van der Waals surface area contributed by atoms with Gasteiger partial charge in [0, 0.05) is 25.0 Å².